The minimum atomic E-state index is -0.903. The topological polar surface area (TPSA) is 97.0 Å². The maximum absolute atomic E-state index is 13.2. The van der Waals surface area contributed by atoms with Crippen molar-refractivity contribution in [3.05, 3.63) is 23.8 Å². The van der Waals surface area contributed by atoms with Gasteiger partial charge in [0.15, 0.2) is 11.5 Å². The standard InChI is InChI=1S/C23H31N3O5/c1-14-10-22(3,4)13-23(11-14)20(28)26(21(29)25-23)12-19(27)24-15(2)16-5-6-17-18(9-16)31-8-7-30-17/h5-6,9,14-15H,7-8,10-13H2,1-4H3,(H,24,27)(H,25,29)/t14-,15+,23+/m1/s1. The molecule has 0 radical (unpaired) electrons. The fraction of sp³-hybridized carbons (Fsp3) is 0.609. The zero-order chi connectivity index (χ0) is 22.4. The van der Waals surface area contributed by atoms with E-state index in [0.717, 1.165) is 16.9 Å². The van der Waals surface area contributed by atoms with Gasteiger partial charge in [-0.15, -0.1) is 0 Å². The highest BCUT2D eigenvalue weighted by molar-refractivity contribution is 6.09. The molecule has 8 nitrogen and oxygen atoms in total. The fourth-order valence-corrected chi connectivity index (χ4v) is 5.49. The average Bonchev–Trinajstić information content (AvgIpc) is 2.89. The first-order chi connectivity index (χ1) is 14.6. The molecule has 0 aromatic heterocycles. The number of nitrogens with one attached hydrogen (secondary N) is 2. The lowest BCUT2D eigenvalue weighted by Gasteiger charge is -2.43. The maximum atomic E-state index is 13.2. The quantitative estimate of drug-likeness (QED) is 0.718. The van der Waals surface area contributed by atoms with E-state index in [2.05, 4.69) is 31.4 Å². The lowest BCUT2D eigenvalue weighted by atomic mass is 9.64. The molecule has 1 saturated heterocycles. The summed E-state index contributed by atoms with van der Waals surface area (Å²) < 4.78 is 11.1. The monoisotopic (exact) mass is 429 g/mol. The number of hydrogen-bond acceptors (Lipinski definition) is 5. The number of benzene rings is 1. The van der Waals surface area contributed by atoms with Crippen molar-refractivity contribution < 1.29 is 23.9 Å². The van der Waals surface area contributed by atoms with Crippen LogP contribution < -0.4 is 20.1 Å². The third-order valence-electron chi connectivity index (χ3n) is 6.37. The summed E-state index contributed by atoms with van der Waals surface area (Å²) in [5, 5.41) is 5.78. The van der Waals surface area contributed by atoms with E-state index in [-0.39, 0.29) is 29.8 Å². The Morgan fingerprint density at radius 1 is 1.23 bits per heavy atom. The number of carbonyl (C=O) groups is 3. The second-order valence-corrected chi connectivity index (χ2v) is 9.95. The highest BCUT2D eigenvalue weighted by Gasteiger charge is 2.56. The van der Waals surface area contributed by atoms with Gasteiger partial charge in [0.2, 0.25) is 5.91 Å². The molecule has 8 heteroatoms. The largest absolute Gasteiger partial charge is 0.486 e. The molecule has 2 heterocycles. The van der Waals surface area contributed by atoms with Gasteiger partial charge in [0, 0.05) is 0 Å². The maximum Gasteiger partial charge on any atom is 0.325 e. The van der Waals surface area contributed by atoms with Crippen LogP contribution in [0, 0.1) is 11.3 Å². The van der Waals surface area contributed by atoms with Crippen LogP contribution in [0.1, 0.15) is 58.6 Å². The molecule has 1 aliphatic carbocycles. The smallest absolute Gasteiger partial charge is 0.325 e. The van der Waals surface area contributed by atoms with Crippen molar-refractivity contribution in [1.82, 2.24) is 15.5 Å². The van der Waals surface area contributed by atoms with Gasteiger partial charge in [-0.1, -0.05) is 26.8 Å². The Kier molecular flexibility index (Phi) is 5.35. The molecule has 2 fully saturated rings. The van der Waals surface area contributed by atoms with Crippen LogP contribution in [0.3, 0.4) is 0 Å². The van der Waals surface area contributed by atoms with Crippen molar-refractivity contribution >= 4 is 17.8 Å². The summed E-state index contributed by atoms with van der Waals surface area (Å²) in [6.45, 7) is 8.90. The normalized spacial score (nSPS) is 27.7. The third-order valence-corrected chi connectivity index (χ3v) is 6.37. The van der Waals surface area contributed by atoms with Crippen LogP contribution in [0.4, 0.5) is 4.79 Å². The zero-order valence-electron chi connectivity index (χ0n) is 18.6. The first-order valence-electron chi connectivity index (χ1n) is 10.9. The number of urea groups is 1. The molecule has 2 N–H and O–H groups in total. The van der Waals surface area contributed by atoms with Crippen molar-refractivity contribution in [2.24, 2.45) is 11.3 Å². The van der Waals surface area contributed by atoms with Crippen LogP contribution in [0.5, 0.6) is 11.5 Å². The minimum absolute atomic E-state index is 0.0500. The van der Waals surface area contributed by atoms with Gasteiger partial charge in [0.1, 0.15) is 25.3 Å². The summed E-state index contributed by atoms with van der Waals surface area (Å²) in [6, 6.07) is 4.73. The number of rotatable bonds is 4. The molecule has 0 unspecified atom stereocenters. The van der Waals surface area contributed by atoms with Crippen LogP contribution in [0.15, 0.2) is 18.2 Å². The molecule has 2 aliphatic heterocycles. The van der Waals surface area contributed by atoms with Crippen molar-refractivity contribution in [3.8, 4) is 11.5 Å². The summed E-state index contributed by atoms with van der Waals surface area (Å²) in [4.78, 5) is 39.6. The highest BCUT2D eigenvalue weighted by atomic mass is 16.6. The molecule has 3 atom stereocenters. The fourth-order valence-electron chi connectivity index (χ4n) is 5.49. The first kappa shape index (κ1) is 21.5. The number of fused-ring (bicyclic) bond motifs is 1. The van der Waals surface area contributed by atoms with Crippen LogP contribution >= 0.6 is 0 Å². The van der Waals surface area contributed by atoms with Gasteiger partial charge < -0.3 is 20.1 Å². The molecule has 1 saturated carbocycles. The van der Waals surface area contributed by atoms with Crippen molar-refractivity contribution in [2.75, 3.05) is 19.8 Å². The zero-order valence-corrected chi connectivity index (χ0v) is 18.6. The van der Waals surface area contributed by atoms with Crippen LogP contribution in [-0.4, -0.2) is 48.0 Å². The summed E-state index contributed by atoms with van der Waals surface area (Å²) in [5.41, 5.74) is -0.0971. The molecule has 1 spiro atoms. The lowest BCUT2D eigenvalue weighted by Crippen LogP contribution is -2.54. The van der Waals surface area contributed by atoms with Crippen molar-refractivity contribution in [3.63, 3.8) is 0 Å². The van der Waals surface area contributed by atoms with Gasteiger partial charge in [-0.3, -0.25) is 14.5 Å². The van der Waals surface area contributed by atoms with E-state index in [4.69, 9.17) is 9.47 Å². The lowest BCUT2D eigenvalue weighted by molar-refractivity contribution is -0.137. The number of ether oxygens (including phenoxy) is 2. The van der Waals surface area contributed by atoms with Crippen LogP contribution in [0.2, 0.25) is 0 Å². The summed E-state index contributed by atoms with van der Waals surface area (Å²) in [6.07, 6.45) is 2.19. The molecular weight excluding hydrogens is 398 g/mol. The second-order valence-electron chi connectivity index (χ2n) is 9.95. The molecule has 1 aromatic rings. The number of imide groups is 1. The van der Waals surface area contributed by atoms with Gasteiger partial charge in [-0.25, -0.2) is 4.79 Å². The Balaban J connectivity index is 1.41. The van der Waals surface area contributed by atoms with Gasteiger partial charge >= 0.3 is 6.03 Å². The van der Waals surface area contributed by atoms with E-state index < -0.39 is 11.6 Å². The Labute approximate surface area is 182 Å². The van der Waals surface area contributed by atoms with E-state index in [0.29, 0.717) is 43.5 Å². The van der Waals surface area contributed by atoms with E-state index in [1.54, 1.807) is 0 Å². The molecular formula is C23H31N3O5. The molecule has 3 aliphatic rings. The van der Waals surface area contributed by atoms with E-state index in [1.807, 2.05) is 25.1 Å². The Morgan fingerprint density at radius 2 is 1.94 bits per heavy atom. The highest BCUT2D eigenvalue weighted by Crippen LogP contribution is 2.46. The molecule has 4 amide bonds. The van der Waals surface area contributed by atoms with Crippen LogP contribution in [-0.2, 0) is 9.59 Å². The van der Waals surface area contributed by atoms with Gasteiger partial charge in [-0.2, -0.15) is 0 Å². The first-order valence-corrected chi connectivity index (χ1v) is 10.9. The number of nitrogens with zero attached hydrogens (tertiary/aromatic N) is 1. The van der Waals surface area contributed by atoms with E-state index in [9.17, 15) is 14.4 Å². The molecule has 31 heavy (non-hydrogen) atoms. The molecule has 1 aromatic carbocycles. The molecule has 4 rings (SSSR count). The minimum Gasteiger partial charge on any atom is -0.486 e. The molecule has 168 valence electrons. The summed E-state index contributed by atoms with van der Waals surface area (Å²) >= 11 is 0. The second kappa shape index (κ2) is 7.73. The number of amides is 4. The molecule has 0 bridgehead atoms. The SMILES string of the molecule is C[C@@H]1CC(C)(C)C[C@]2(C1)NC(=O)N(CC(=O)N[C@@H](C)c1ccc3c(c1)OCCO3)C2=O. The van der Waals surface area contributed by atoms with Gasteiger partial charge in [0.25, 0.3) is 5.91 Å². The van der Waals surface area contributed by atoms with Crippen LogP contribution in [0.25, 0.3) is 0 Å². The van der Waals surface area contributed by atoms with Gasteiger partial charge in [0.05, 0.1) is 6.04 Å². The van der Waals surface area contributed by atoms with Gasteiger partial charge in [-0.05, 0) is 55.2 Å². The van der Waals surface area contributed by atoms with E-state index in [1.165, 1.54) is 0 Å². The summed E-state index contributed by atoms with van der Waals surface area (Å²) in [7, 11) is 0. The van der Waals surface area contributed by atoms with Crippen molar-refractivity contribution in [1.29, 1.82) is 0 Å². The van der Waals surface area contributed by atoms with E-state index >= 15 is 0 Å². The number of hydrogen-bond donors (Lipinski definition) is 2. The average molecular weight is 430 g/mol. The third kappa shape index (κ3) is 4.20. The predicted molar refractivity (Wildman–Crippen MR) is 114 cm³/mol. The summed E-state index contributed by atoms with van der Waals surface area (Å²) in [5.74, 6) is 0.972. The Morgan fingerprint density at radius 3 is 2.65 bits per heavy atom. The Hall–Kier alpha value is -2.77. The number of carbonyl (C=O) groups excluding carboxylic acids is 3. The Bertz CT molecular complexity index is 914. The predicted octanol–water partition coefficient (Wildman–Crippen LogP) is 2.77. The van der Waals surface area contributed by atoms with Crippen molar-refractivity contribution in [2.45, 2.75) is 58.5 Å².